The number of halogens is 3. The number of nitrogens with zero attached hydrogens (tertiary/aromatic N) is 1. The Kier molecular flexibility index (Phi) is 2.93. The fraction of sp³-hybridized carbons (Fsp3) is 0.0909. The number of aromatic amines is 1. The Morgan fingerprint density at radius 1 is 1.32 bits per heavy atom. The molecule has 19 heavy (non-hydrogen) atoms. The molecular formula is C11H7F3N2O3. The summed E-state index contributed by atoms with van der Waals surface area (Å²) in [6, 6.07) is 3.82. The summed E-state index contributed by atoms with van der Waals surface area (Å²) < 4.78 is 38.4. The summed E-state index contributed by atoms with van der Waals surface area (Å²) in [6.45, 7) is 0. The van der Waals surface area contributed by atoms with Gasteiger partial charge in [0.2, 0.25) is 0 Å². The summed E-state index contributed by atoms with van der Waals surface area (Å²) in [5, 5.41) is 23.8. The van der Waals surface area contributed by atoms with Crippen molar-refractivity contribution >= 4 is 5.97 Å². The van der Waals surface area contributed by atoms with Crippen molar-refractivity contribution < 1.29 is 28.2 Å². The average molecular weight is 272 g/mol. The van der Waals surface area contributed by atoms with Crippen LogP contribution in [0.1, 0.15) is 16.1 Å². The second kappa shape index (κ2) is 4.30. The highest BCUT2D eigenvalue weighted by Gasteiger charge is 2.35. The van der Waals surface area contributed by atoms with Gasteiger partial charge >= 0.3 is 12.1 Å². The maximum absolute atomic E-state index is 12.8. The molecule has 0 fully saturated rings. The van der Waals surface area contributed by atoms with Gasteiger partial charge in [0.25, 0.3) is 0 Å². The van der Waals surface area contributed by atoms with Crippen molar-refractivity contribution in [3.63, 3.8) is 0 Å². The number of H-pyrrole nitrogens is 1. The first kappa shape index (κ1) is 12.9. The number of phenols is 1. The van der Waals surface area contributed by atoms with Crippen LogP contribution in [0.2, 0.25) is 0 Å². The molecule has 0 aliphatic rings. The highest BCUT2D eigenvalue weighted by Crippen LogP contribution is 2.40. The van der Waals surface area contributed by atoms with Crippen molar-refractivity contribution in [2.75, 3.05) is 0 Å². The molecule has 5 nitrogen and oxygen atoms in total. The van der Waals surface area contributed by atoms with Crippen molar-refractivity contribution in [3.05, 3.63) is 35.5 Å². The van der Waals surface area contributed by atoms with Crippen LogP contribution >= 0.6 is 0 Å². The summed E-state index contributed by atoms with van der Waals surface area (Å²) in [6.07, 6.45) is -4.68. The number of carboxylic acid groups (broad SMARTS) is 1. The molecule has 0 bridgehead atoms. The molecule has 0 saturated carbocycles. The van der Waals surface area contributed by atoms with Crippen molar-refractivity contribution in [2.24, 2.45) is 0 Å². The topological polar surface area (TPSA) is 86.2 Å². The Morgan fingerprint density at radius 2 is 2.00 bits per heavy atom. The summed E-state index contributed by atoms with van der Waals surface area (Å²) in [4.78, 5) is 10.7. The van der Waals surface area contributed by atoms with Gasteiger partial charge in [0.15, 0.2) is 0 Å². The second-order valence-corrected chi connectivity index (χ2v) is 3.67. The Labute approximate surface area is 104 Å². The summed E-state index contributed by atoms with van der Waals surface area (Å²) in [7, 11) is 0. The van der Waals surface area contributed by atoms with E-state index in [-0.39, 0.29) is 11.4 Å². The number of phenolic OH excluding ortho intramolecular Hbond substituents is 1. The highest BCUT2D eigenvalue weighted by molar-refractivity contribution is 5.87. The first-order chi connectivity index (χ1) is 8.80. The molecule has 2 aromatic rings. The lowest BCUT2D eigenvalue weighted by Crippen LogP contribution is -2.07. The zero-order valence-electron chi connectivity index (χ0n) is 9.19. The normalized spacial score (nSPS) is 11.5. The van der Waals surface area contributed by atoms with Crippen LogP contribution in [0.5, 0.6) is 5.75 Å². The van der Waals surface area contributed by atoms with E-state index < -0.39 is 29.0 Å². The van der Waals surface area contributed by atoms with Gasteiger partial charge in [-0.15, -0.1) is 0 Å². The smallest absolute Gasteiger partial charge is 0.417 e. The zero-order valence-corrected chi connectivity index (χ0v) is 9.19. The Balaban J connectivity index is 2.63. The molecule has 0 spiro atoms. The zero-order chi connectivity index (χ0) is 14.2. The summed E-state index contributed by atoms with van der Waals surface area (Å²) in [5.74, 6) is -1.99. The molecule has 0 atom stereocenters. The van der Waals surface area contributed by atoms with E-state index in [9.17, 15) is 23.1 Å². The van der Waals surface area contributed by atoms with Crippen molar-refractivity contribution in [2.45, 2.75) is 6.18 Å². The minimum absolute atomic E-state index is 0.289. The third kappa shape index (κ3) is 2.37. The molecule has 0 aliphatic heterocycles. The SMILES string of the molecule is O=C(O)c1cc(-c2c(O)cccc2C(F)(F)F)n[nH]1. The molecule has 3 N–H and O–H groups in total. The molecule has 1 aromatic carbocycles. The van der Waals surface area contributed by atoms with E-state index in [4.69, 9.17) is 5.11 Å². The quantitative estimate of drug-likeness (QED) is 0.784. The van der Waals surface area contributed by atoms with E-state index in [1.54, 1.807) is 0 Å². The van der Waals surface area contributed by atoms with Crippen molar-refractivity contribution in [1.29, 1.82) is 0 Å². The molecule has 1 heterocycles. The lowest BCUT2D eigenvalue weighted by atomic mass is 10.0. The minimum Gasteiger partial charge on any atom is -0.507 e. The Bertz CT molecular complexity index is 634. The van der Waals surface area contributed by atoms with Crippen LogP contribution in [0.3, 0.4) is 0 Å². The number of carboxylic acids is 1. The van der Waals surface area contributed by atoms with Gasteiger partial charge < -0.3 is 10.2 Å². The maximum Gasteiger partial charge on any atom is 0.417 e. The van der Waals surface area contributed by atoms with E-state index >= 15 is 0 Å². The Morgan fingerprint density at radius 3 is 2.53 bits per heavy atom. The summed E-state index contributed by atoms with van der Waals surface area (Å²) >= 11 is 0. The van der Waals surface area contributed by atoms with Crippen LogP contribution in [0.25, 0.3) is 11.3 Å². The molecule has 0 unspecified atom stereocenters. The molecule has 0 amide bonds. The molecule has 0 radical (unpaired) electrons. The number of hydrogen-bond acceptors (Lipinski definition) is 3. The van der Waals surface area contributed by atoms with E-state index in [1.165, 1.54) is 0 Å². The van der Waals surface area contributed by atoms with Crippen LogP contribution in [-0.4, -0.2) is 26.4 Å². The molecular weight excluding hydrogens is 265 g/mol. The lowest BCUT2D eigenvalue weighted by molar-refractivity contribution is -0.137. The van der Waals surface area contributed by atoms with Gasteiger partial charge in [0.05, 0.1) is 16.8 Å². The average Bonchev–Trinajstić information content (AvgIpc) is 2.76. The number of alkyl halides is 3. The van der Waals surface area contributed by atoms with E-state index in [0.29, 0.717) is 0 Å². The first-order valence-electron chi connectivity index (χ1n) is 4.99. The van der Waals surface area contributed by atoms with Gasteiger partial charge in [-0.1, -0.05) is 6.07 Å². The molecule has 2 rings (SSSR count). The number of aromatic nitrogens is 2. The van der Waals surface area contributed by atoms with Crippen LogP contribution < -0.4 is 0 Å². The molecule has 100 valence electrons. The predicted molar refractivity (Wildman–Crippen MR) is 57.6 cm³/mol. The number of hydrogen-bond donors (Lipinski definition) is 3. The van der Waals surface area contributed by atoms with Crippen LogP contribution in [-0.2, 0) is 6.18 Å². The number of aromatic hydroxyl groups is 1. The Hall–Kier alpha value is -2.51. The third-order valence-electron chi connectivity index (χ3n) is 2.41. The van der Waals surface area contributed by atoms with Gasteiger partial charge in [-0.05, 0) is 18.2 Å². The van der Waals surface area contributed by atoms with Gasteiger partial charge in [-0.3, -0.25) is 5.10 Å². The maximum atomic E-state index is 12.8. The number of carbonyl (C=O) groups is 1. The number of benzene rings is 1. The summed E-state index contributed by atoms with van der Waals surface area (Å²) in [5.41, 5.74) is -2.30. The predicted octanol–water partition coefficient (Wildman–Crippen LogP) is 2.50. The fourth-order valence-corrected chi connectivity index (χ4v) is 1.60. The number of nitrogens with one attached hydrogen (secondary N) is 1. The van der Waals surface area contributed by atoms with Gasteiger partial charge in [-0.25, -0.2) is 4.79 Å². The number of rotatable bonds is 2. The molecule has 1 aromatic heterocycles. The second-order valence-electron chi connectivity index (χ2n) is 3.67. The van der Waals surface area contributed by atoms with Crippen LogP contribution in [0.15, 0.2) is 24.3 Å². The third-order valence-corrected chi connectivity index (χ3v) is 2.41. The van der Waals surface area contributed by atoms with Gasteiger partial charge in [0, 0.05) is 0 Å². The highest BCUT2D eigenvalue weighted by atomic mass is 19.4. The monoisotopic (exact) mass is 272 g/mol. The largest absolute Gasteiger partial charge is 0.507 e. The van der Waals surface area contributed by atoms with E-state index in [2.05, 4.69) is 10.2 Å². The lowest BCUT2D eigenvalue weighted by Gasteiger charge is -2.12. The molecule has 8 heteroatoms. The van der Waals surface area contributed by atoms with Crippen LogP contribution in [0, 0.1) is 0 Å². The van der Waals surface area contributed by atoms with Crippen molar-refractivity contribution in [1.82, 2.24) is 10.2 Å². The molecule has 0 aliphatic carbocycles. The first-order valence-corrected chi connectivity index (χ1v) is 4.99. The van der Waals surface area contributed by atoms with Crippen LogP contribution in [0.4, 0.5) is 13.2 Å². The van der Waals surface area contributed by atoms with E-state index in [1.807, 2.05) is 0 Å². The van der Waals surface area contributed by atoms with Crippen molar-refractivity contribution in [3.8, 4) is 17.0 Å². The fourth-order valence-electron chi connectivity index (χ4n) is 1.60. The van der Waals surface area contributed by atoms with Gasteiger partial charge in [-0.2, -0.15) is 18.3 Å². The molecule has 0 saturated heterocycles. The van der Waals surface area contributed by atoms with Gasteiger partial charge in [0.1, 0.15) is 11.4 Å². The standard InChI is InChI=1S/C11H7F3N2O3/c12-11(13,14)5-2-1-3-8(17)9(5)6-4-7(10(18)19)16-15-6/h1-4,17H,(H,15,16)(H,18,19). The number of aromatic carboxylic acids is 1. The van der Waals surface area contributed by atoms with E-state index in [0.717, 1.165) is 24.3 Å². The minimum atomic E-state index is -4.68.